The highest BCUT2D eigenvalue weighted by Crippen LogP contribution is 2.24. The lowest BCUT2D eigenvalue weighted by molar-refractivity contribution is -0.119. The zero-order chi connectivity index (χ0) is 22.5. The van der Waals surface area contributed by atoms with E-state index < -0.39 is 24.4 Å². The molecule has 0 radical (unpaired) electrons. The number of carbonyl (C=O) groups excluding carboxylic acids is 3. The number of amides is 2. The number of nitrogens with zero attached hydrogens (tertiary/aromatic N) is 2. The lowest BCUT2D eigenvalue weighted by Gasteiger charge is -2.11. The molecule has 0 unspecified atom stereocenters. The monoisotopic (exact) mass is 426 g/mol. The molecule has 0 aliphatic heterocycles. The van der Waals surface area contributed by atoms with Gasteiger partial charge in [0.25, 0.3) is 11.8 Å². The van der Waals surface area contributed by atoms with E-state index in [1.54, 1.807) is 54.7 Å². The van der Waals surface area contributed by atoms with Gasteiger partial charge < -0.3 is 15.8 Å². The van der Waals surface area contributed by atoms with Gasteiger partial charge in [0.05, 0.1) is 33.7 Å². The normalized spacial score (nSPS) is 10.5. The van der Waals surface area contributed by atoms with E-state index in [1.165, 1.54) is 12.1 Å². The number of esters is 1. The summed E-state index contributed by atoms with van der Waals surface area (Å²) in [5, 5.41) is 3.13. The number of carbonyl (C=O) groups is 3. The average Bonchev–Trinajstić information content (AvgIpc) is 2.82. The number of benzene rings is 2. The molecule has 2 aromatic carbocycles. The van der Waals surface area contributed by atoms with Crippen LogP contribution in [0.3, 0.4) is 0 Å². The smallest absolute Gasteiger partial charge is 0.339 e. The fourth-order valence-corrected chi connectivity index (χ4v) is 3.19. The predicted molar refractivity (Wildman–Crippen MR) is 119 cm³/mol. The van der Waals surface area contributed by atoms with Crippen LogP contribution in [0.2, 0.25) is 0 Å². The van der Waals surface area contributed by atoms with E-state index in [0.717, 1.165) is 0 Å². The van der Waals surface area contributed by atoms with E-state index in [4.69, 9.17) is 10.5 Å². The van der Waals surface area contributed by atoms with Crippen LogP contribution in [0.5, 0.6) is 0 Å². The van der Waals surface area contributed by atoms with Crippen molar-refractivity contribution >= 4 is 34.4 Å². The molecule has 158 valence electrons. The first-order chi connectivity index (χ1) is 15.5. The SMILES string of the molecule is NC(=O)c1ccccc1NC(=O)COC(=O)c1cc(-c2ccccn2)nc2ccccc12. The number of hydrogen-bond acceptors (Lipinski definition) is 6. The molecule has 0 aliphatic carbocycles. The third-order valence-electron chi connectivity index (χ3n) is 4.66. The van der Waals surface area contributed by atoms with Gasteiger partial charge in [-0.1, -0.05) is 36.4 Å². The summed E-state index contributed by atoms with van der Waals surface area (Å²) in [5.41, 5.74) is 7.70. The van der Waals surface area contributed by atoms with Crippen LogP contribution in [0.15, 0.2) is 79.0 Å². The minimum absolute atomic E-state index is 0.160. The number of hydrogen-bond donors (Lipinski definition) is 2. The molecule has 8 nitrogen and oxygen atoms in total. The highest BCUT2D eigenvalue weighted by atomic mass is 16.5. The Labute approximate surface area is 183 Å². The van der Waals surface area contributed by atoms with Crippen molar-refractivity contribution in [2.24, 2.45) is 5.73 Å². The van der Waals surface area contributed by atoms with E-state index in [0.29, 0.717) is 22.3 Å². The first-order valence-corrected chi connectivity index (χ1v) is 9.70. The third kappa shape index (κ3) is 4.44. The van der Waals surface area contributed by atoms with Gasteiger partial charge in [0.2, 0.25) is 0 Å². The van der Waals surface area contributed by atoms with Gasteiger partial charge in [-0.05, 0) is 36.4 Å². The Balaban J connectivity index is 1.55. The van der Waals surface area contributed by atoms with Crippen molar-refractivity contribution in [2.45, 2.75) is 0 Å². The van der Waals surface area contributed by atoms with Gasteiger partial charge in [0.1, 0.15) is 0 Å². The van der Waals surface area contributed by atoms with Gasteiger partial charge in [-0.2, -0.15) is 0 Å². The highest BCUT2D eigenvalue weighted by Gasteiger charge is 2.17. The van der Waals surface area contributed by atoms with Gasteiger partial charge in [0.15, 0.2) is 6.61 Å². The molecule has 3 N–H and O–H groups in total. The van der Waals surface area contributed by atoms with Crippen LogP contribution in [-0.2, 0) is 9.53 Å². The summed E-state index contributed by atoms with van der Waals surface area (Å²) in [6.07, 6.45) is 1.64. The summed E-state index contributed by atoms with van der Waals surface area (Å²) in [4.78, 5) is 45.5. The molecule has 0 atom stereocenters. The van der Waals surface area contributed by atoms with Crippen molar-refractivity contribution in [3.05, 3.63) is 90.1 Å². The number of pyridine rings is 2. The largest absolute Gasteiger partial charge is 0.452 e. The molecule has 32 heavy (non-hydrogen) atoms. The Morgan fingerprint density at radius 3 is 2.41 bits per heavy atom. The van der Waals surface area contributed by atoms with Crippen molar-refractivity contribution in [1.29, 1.82) is 0 Å². The fourth-order valence-electron chi connectivity index (χ4n) is 3.19. The number of aromatic nitrogens is 2. The van der Waals surface area contributed by atoms with Crippen LogP contribution in [0.25, 0.3) is 22.3 Å². The summed E-state index contributed by atoms with van der Waals surface area (Å²) in [7, 11) is 0. The molecule has 8 heteroatoms. The molecule has 0 aliphatic rings. The van der Waals surface area contributed by atoms with Gasteiger partial charge in [-0.25, -0.2) is 9.78 Å². The summed E-state index contributed by atoms with van der Waals surface area (Å²) >= 11 is 0. The molecular weight excluding hydrogens is 408 g/mol. The molecular formula is C24H18N4O4. The number of nitrogens with one attached hydrogen (secondary N) is 1. The zero-order valence-corrected chi connectivity index (χ0v) is 16.8. The van der Waals surface area contributed by atoms with Crippen LogP contribution in [0.4, 0.5) is 5.69 Å². The summed E-state index contributed by atoms with van der Waals surface area (Å²) in [6, 6.07) is 20.4. The first kappa shape index (κ1) is 20.7. The minimum atomic E-state index is -0.681. The molecule has 4 aromatic rings. The molecule has 2 aromatic heterocycles. The first-order valence-electron chi connectivity index (χ1n) is 9.70. The van der Waals surface area contributed by atoms with E-state index >= 15 is 0 Å². The Bertz CT molecular complexity index is 1320. The third-order valence-corrected chi connectivity index (χ3v) is 4.66. The highest BCUT2D eigenvalue weighted by molar-refractivity contribution is 6.06. The molecule has 0 spiro atoms. The number of nitrogens with two attached hydrogens (primary N) is 1. The Hall–Kier alpha value is -4.59. The molecule has 0 bridgehead atoms. The van der Waals surface area contributed by atoms with Gasteiger partial charge in [-0.3, -0.25) is 14.6 Å². The summed E-state index contributed by atoms with van der Waals surface area (Å²) in [5.74, 6) is -1.96. The number of para-hydroxylation sites is 2. The number of anilines is 1. The Morgan fingerprint density at radius 1 is 0.875 bits per heavy atom. The minimum Gasteiger partial charge on any atom is -0.452 e. The van der Waals surface area contributed by atoms with Crippen molar-refractivity contribution in [1.82, 2.24) is 9.97 Å². The van der Waals surface area contributed by atoms with Crippen molar-refractivity contribution in [3.63, 3.8) is 0 Å². The number of fused-ring (bicyclic) bond motifs is 1. The lowest BCUT2D eigenvalue weighted by atomic mass is 10.1. The Kier molecular flexibility index (Phi) is 5.85. The van der Waals surface area contributed by atoms with E-state index in [1.807, 2.05) is 12.1 Å². The van der Waals surface area contributed by atoms with Crippen LogP contribution >= 0.6 is 0 Å². The molecule has 0 saturated carbocycles. The molecule has 4 rings (SSSR count). The maximum absolute atomic E-state index is 12.8. The van der Waals surface area contributed by atoms with Crippen LogP contribution in [-0.4, -0.2) is 34.4 Å². The van der Waals surface area contributed by atoms with E-state index in [-0.39, 0.29) is 16.8 Å². The van der Waals surface area contributed by atoms with Gasteiger partial charge in [-0.15, -0.1) is 0 Å². The second kappa shape index (κ2) is 9.05. The molecule has 2 amide bonds. The second-order valence-electron chi connectivity index (χ2n) is 6.82. The van der Waals surface area contributed by atoms with Crippen LogP contribution in [0.1, 0.15) is 20.7 Å². The average molecular weight is 426 g/mol. The standard InChI is InChI=1S/C24H18N4O4/c25-23(30)16-8-2-4-10-19(16)28-22(29)14-32-24(31)17-13-21(20-11-5-6-12-26-20)27-18-9-3-1-7-15(17)18/h1-13H,14H2,(H2,25,30)(H,28,29). The zero-order valence-electron chi connectivity index (χ0n) is 16.8. The molecule has 0 fully saturated rings. The maximum Gasteiger partial charge on any atom is 0.339 e. The Morgan fingerprint density at radius 2 is 1.62 bits per heavy atom. The molecule has 2 heterocycles. The van der Waals surface area contributed by atoms with Crippen LogP contribution < -0.4 is 11.1 Å². The van der Waals surface area contributed by atoms with Crippen molar-refractivity contribution in [3.8, 4) is 11.4 Å². The van der Waals surface area contributed by atoms with Crippen molar-refractivity contribution < 1.29 is 19.1 Å². The summed E-state index contributed by atoms with van der Waals surface area (Å²) < 4.78 is 5.25. The van der Waals surface area contributed by atoms with Crippen molar-refractivity contribution in [2.75, 3.05) is 11.9 Å². The van der Waals surface area contributed by atoms with E-state index in [9.17, 15) is 14.4 Å². The van der Waals surface area contributed by atoms with E-state index in [2.05, 4.69) is 15.3 Å². The summed E-state index contributed by atoms with van der Waals surface area (Å²) in [6.45, 7) is -0.540. The lowest BCUT2D eigenvalue weighted by Crippen LogP contribution is -2.23. The molecule has 0 saturated heterocycles. The van der Waals surface area contributed by atoms with Crippen LogP contribution in [0, 0.1) is 0 Å². The fraction of sp³-hybridized carbons (Fsp3) is 0.0417. The quantitative estimate of drug-likeness (QED) is 0.456. The van der Waals surface area contributed by atoms with Gasteiger partial charge in [0, 0.05) is 11.6 Å². The predicted octanol–water partition coefficient (Wildman–Crippen LogP) is 3.19. The maximum atomic E-state index is 12.8. The number of rotatable bonds is 6. The number of ether oxygens (including phenoxy) is 1. The second-order valence-corrected chi connectivity index (χ2v) is 6.82. The topological polar surface area (TPSA) is 124 Å². The van der Waals surface area contributed by atoms with Gasteiger partial charge >= 0.3 is 5.97 Å². The number of primary amides is 1.